The normalized spacial score (nSPS) is 11.3. The number of carboxylic acid groups (broad SMARTS) is 1. The van der Waals surface area contributed by atoms with E-state index in [0.29, 0.717) is 5.69 Å². The zero-order valence-corrected chi connectivity index (χ0v) is 9.21. The van der Waals surface area contributed by atoms with E-state index in [1.165, 1.54) is 13.0 Å². The standard InChI is InChI=1S/C7H7ClN2O4S/c1-4-2-5(8)10-7(9-4)15(13,14)3-6(11)12/h2H,3H2,1H3,(H,11,12). The third-order valence-corrected chi connectivity index (χ3v) is 2.95. The molecule has 0 atom stereocenters. The minimum atomic E-state index is -4.01. The first-order chi connectivity index (χ1) is 6.81. The average molecular weight is 251 g/mol. The summed E-state index contributed by atoms with van der Waals surface area (Å²) < 4.78 is 22.8. The number of aromatic nitrogens is 2. The van der Waals surface area contributed by atoms with Crippen molar-refractivity contribution in [3.05, 3.63) is 16.9 Å². The van der Waals surface area contributed by atoms with Crippen LogP contribution in [0.1, 0.15) is 5.69 Å². The molecular weight excluding hydrogens is 244 g/mol. The molecule has 0 amide bonds. The van der Waals surface area contributed by atoms with Crippen LogP contribution in [0.25, 0.3) is 0 Å². The Balaban J connectivity index is 3.21. The zero-order chi connectivity index (χ0) is 11.6. The highest BCUT2D eigenvalue weighted by molar-refractivity contribution is 7.91. The van der Waals surface area contributed by atoms with Crippen LogP contribution in [0.2, 0.25) is 5.15 Å². The molecule has 1 heterocycles. The van der Waals surface area contributed by atoms with Crippen molar-refractivity contribution < 1.29 is 18.3 Å². The number of nitrogens with zero attached hydrogens (tertiary/aromatic N) is 2. The first-order valence-electron chi connectivity index (χ1n) is 3.77. The fraction of sp³-hybridized carbons (Fsp3) is 0.286. The van der Waals surface area contributed by atoms with Crippen molar-refractivity contribution in [2.24, 2.45) is 0 Å². The van der Waals surface area contributed by atoms with E-state index in [2.05, 4.69) is 9.97 Å². The van der Waals surface area contributed by atoms with Gasteiger partial charge < -0.3 is 5.11 Å². The summed E-state index contributed by atoms with van der Waals surface area (Å²) >= 11 is 5.53. The Morgan fingerprint density at radius 2 is 2.13 bits per heavy atom. The summed E-state index contributed by atoms with van der Waals surface area (Å²) in [6.07, 6.45) is 0. The van der Waals surface area contributed by atoms with Gasteiger partial charge in [0.2, 0.25) is 15.0 Å². The van der Waals surface area contributed by atoms with Crippen LogP contribution in [0.15, 0.2) is 11.2 Å². The van der Waals surface area contributed by atoms with Crippen LogP contribution in [0.4, 0.5) is 0 Å². The predicted molar refractivity (Wildman–Crippen MR) is 51.5 cm³/mol. The number of hydrogen-bond donors (Lipinski definition) is 1. The van der Waals surface area contributed by atoms with Crippen molar-refractivity contribution in [1.82, 2.24) is 9.97 Å². The fourth-order valence-corrected chi connectivity index (χ4v) is 2.13. The summed E-state index contributed by atoms with van der Waals surface area (Å²) in [5, 5.41) is 7.79. The molecule has 1 N–H and O–H groups in total. The number of aliphatic carboxylic acids is 1. The molecule has 15 heavy (non-hydrogen) atoms. The van der Waals surface area contributed by atoms with Crippen LogP contribution in [-0.4, -0.2) is 35.2 Å². The monoisotopic (exact) mass is 250 g/mol. The molecule has 1 rings (SSSR count). The highest BCUT2D eigenvalue weighted by Gasteiger charge is 2.22. The second-order valence-electron chi connectivity index (χ2n) is 2.77. The van der Waals surface area contributed by atoms with Crippen molar-refractivity contribution in [3.8, 4) is 0 Å². The maximum absolute atomic E-state index is 11.4. The smallest absolute Gasteiger partial charge is 0.319 e. The Labute approximate surface area is 90.8 Å². The molecule has 0 aliphatic rings. The Kier molecular flexibility index (Phi) is 3.25. The van der Waals surface area contributed by atoms with E-state index in [-0.39, 0.29) is 5.15 Å². The largest absolute Gasteiger partial charge is 0.480 e. The molecule has 0 bridgehead atoms. The molecular formula is C7H7ClN2O4S. The summed E-state index contributed by atoms with van der Waals surface area (Å²) in [6.45, 7) is 1.54. The lowest BCUT2D eigenvalue weighted by atomic mass is 10.5. The van der Waals surface area contributed by atoms with Crippen LogP contribution in [0.3, 0.4) is 0 Å². The minimum absolute atomic E-state index is 0.0357. The molecule has 0 saturated carbocycles. The van der Waals surface area contributed by atoms with E-state index in [9.17, 15) is 13.2 Å². The van der Waals surface area contributed by atoms with Crippen LogP contribution in [0.5, 0.6) is 0 Å². The summed E-state index contributed by atoms with van der Waals surface area (Å²) in [5.74, 6) is -2.51. The first kappa shape index (κ1) is 11.9. The van der Waals surface area contributed by atoms with Gasteiger partial charge in [-0.05, 0) is 13.0 Å². The molecule has 0 aliphatic heterocycles. The Hall–Kier alpha value is -1.21. The Morgan fingerprint density at radius 1 is 1.53 bits per heavy atom. The second kappa shape index (κ2) is 4.11. The maximum atomic E-state index is 11.4. The minimum Gasteiger partial charge on any atom is -0.480 e. The number of aryl methyl sites for hydroxylation is 1. The molecule has 0 saturated heterocycles. The molecule has 0 unspecified atom stereocenters. The molecule has 0 aliphatic carbocycles. The molecule has 0 aromatic carbocycles. The number of rotatable bonds is 3. The van der Waals surface area contributed by atoms with E-state index >= 15 is 0 Å². The number of carboxylic acids is 1. The summed E-state index contributed by atoms with van der Waals surface area (Å²) in [5.41, 5.74) is 0.360. The van der Waals surface area contributed by atoms with Gasteiger partial charge in [0, 0.05) is 5.69 Å². The number of hydrogen-bond acceptors (Lipinski definition) is 5. The van der Waals surface area contributed by atoms with E-state index < -0.39 is 26.7 Å². The Morgan fingerprint density at radius 3 is 2.60 bits per heavy atom. The number of carbonyl (C=O) groups is 1. The van der Waals surface area contributed by atoms with Crippen molar-refractivity contribution in [3.63, 3.8) is 0 Å². The summed E-state index contributed by atoms with van der Waals surface area (Å²) in [6, 6.07) is 1.38. The van der Waals surface area contributed by atoms with Crippen molar-refractivity contribution in [2.45, 2.75) is 12.1 Å². The summed E-state index contributed by atoms with van der Waals surface area (Å²) in [7, 11) is -4.01. The lowest BCUT2D eigenvalue weighted by Crippen LogP contribution is -2.18. The molecule has 6 nitrogen and oxygen atoms in total. The van der Waals surface area contributed by atoms with Crippen LogP contribution in [-0.2, 0) is 14.6 Å². The lowest BCUT2D eigenvalue weighted by molar-refractivity contribution is -0.134. The van der Waals surface area contributed by atoms with Gasteiger partial charge in [-0.3, -0.25) is 4.79 Å². The van der Waals surface area contributed by atoms with E-state index in [1.807, 2.05) is 0 Å². The number of sulfone groups is 1. The van der Waals surface area contributed by atoms with E-state index in [0.717, 1.165) is 0 Å². The highest BCUT2D eigenvalue weighted by atomic mass is 35.5. The Bertz CT molecular complexity index is 479. The molecule has 0 radical (unpaired) electrons. The van der Waals surface area contributed by atoms with Crippen molar-refractivity contribution in [2.75, 3.05) is 5.75 Å². The average Bonchev–Trinajstić information content (AvgIpc) is 1.99. The SMILES string of the molecule is Cc1cc(Cl)nc(S(=O)(=O)CC(=O)O)n1. The quantitative estimate of drug-likeness (QED) is 0.612. The number of halogens is 1. The highest BCUT2D eigenvalue weighted by Crippen LogP contribution is 2.11. The van der Waals surface area contributed by atoms with Gasteiger partial charge in [-0.2, -0.15) is 0 Å². The molecule has 0 fully saturated rings. The van der Waals surface area contributed by atoms with E-state index in [1.54, 1.807) is 0 Å². The molecule has 1 aromatic heterocycles. The van der Waals surface area contributed by atoms with Gasteiger partial charge >= 0.3 is 5.97 Å². The lowest BCUT2D eigenvalue weighted by Gasteiger charge is -2.01. The molecule has 1 aromatic rings. The van der Waals surface area contributed by atoms with Gasteiger partial charge in [0.25, 0.3) is 0 Å². The first-order valence-corrected chi connectivity index (χ1v) is 5.80. The van der Waals surface area contributed by atoms with Gasteiger partial charge in [-0.25, -0.2) is 18.4 Å². The van der Waals surface area contributed by atoms with Gasteiger partial charge in [-0.15, -0.1) is 0 Å². The molecule has 82 valence electrons. The zero-order valence-electron chi connectivity index (χ0n) is 7.64. The molecule has 8 heteroatoms. The summed E-state index contributed by atoms with van der Waals surface area (Å²) in [4.78, 5) is 17.4. The third-order valence-electron chi connectivity index (χ3n) is 1.39. The van der Waals surface area contributed by atoms with Gasteiger partial charge in [0.05, 0.1) is 0 Å². The van der Waals surface area contributed by atoms with Crippen LogP contribution in [0, 0.1) is 6.92 Å². The van der Waals surface area contributed by atoms with Gasteiger partial charge in [0.1, 0.15) is 5.15 Å². The fourth-order valence-electron chi connectivity index (χ4n) is 0.870. The van der Waals surface area contributed by atoms with Gasteiger partial charge in [0.15, 0.2) is 5.75 Å². The maximum Gasteiger partial charge on any atom is 0.319 e. The third kappa shape index (κ3) is 3.14. The van der Waals surface area contributed by atoms with Crippen molar-refractivity contribution >= 4 is 27.4 Å². The topological polar surface area (TPSA) is 97.2 Å². The van der Waals surface area contributed by atoms with E-state index in [4.69, 9.17) is 16.7 Å². The van der Waals surface area contributed by atoms with Crippen LogP contribution >= 0.6 is 11.6 Å². The van der Waals surface area contributed by atoms with Crippen molar-refractivity contribution in [1.29, 1.82) is 0 Å². The predicted octanol–water partition coefficient (Wildman–Crippen LogP) is 0.297. The second-order valence-corrected chi connectivity index (χ2v) is 5.04. The van der Waals surface area contributed by atoms with Gasteiger partial charge in [-0.1, -0.05) is 11.6 Å². The van der Waals surface area contributed by atoms with Crippen LogP contribution < -0.4 is 0 Å². The molecule has 0 spiro atoms.